The molecule has 0 heterocycles. The van der Waals surface area contributed by atoms with Crippen molar-refractivity contribution in [2.75, 3.05) is 0 Å². The molecule has 0 spiro atoms. The highest BCUT2D eigenvalue weighted by atomic mass is 17.1. The first-order valence-electron chi connectivity index (χ1n) is 5.85. The Balaban J connectivity index is 2.06. The molecule has 2 aromatic rings. The van der Waals surface area contributed by atoms with Crippen LogP contribution in [-0.2, 0) is 17.9 Å². The Hall–Kier alpha value is -2.17. The first kappa shape index (κ1) is 13.3. The number of hydrogen-bond donors (Lipinski definition) is 2. The Morgan fingerprint density at radius 1 is 0.895 bits per heavy atom. The zero-order valence-electron chi connectivity index (χ0n) is 10.2. The highest BCUT2D eigenvalue weighted by Crippen LogP contribution is 2.12. The minimum absolute atomic E-state index is 0.174. The van der Waals surface area contributed by atoms with E-state index in [0.29, 0.717) is 5.56 Å². The Morgan fingerprint density at radius 2 is 1.37 bits per heavy atom. The lowest BCUT2D eigenvalue weighted by Crippen LogP contribution is -1.96. The maximum Gasteiger partial charge on any atom is 0.335 e. The number of carboxylic acid groups (broad SMARTS) is 1. The summed E-state index contributed by atoms with van der Waals surface area (Å²) in [6.07, 6.45) is 0.736. The number of hydrogen-bond acceptors (Lipinski definition) is 3. The third-order valence-electron chi connectivity index (χ3n) is 2.86. The van der Waals surface area contributed by atoms with Gasteiger partial charge in [-0.2, -0.15) is 0 Å². The van der Waals surface area contributed by atoms with Crippen molar-refractivity contribution in [2.45, 2.75) is 13.0 Å². The Labute approximate surface area is 110 Å². The first-order valence-corrected chi connectivity index (χ1v) is 5.85. The van der Waals surface area contributed by atoms with E-state index >= 15 is 0 Å². The van der Waals surface area contributed by atoms with E-state index in [0.717, 1.165) is 23.1 Å². The van der Waals surface area contributed by atoms with Gasteiger partial charge in [0.2, 0.25) is 0 Å². The van der Waals surface area contributed by atoms with Crippen LogP contribution in [0.4, 0.5) is 0 Å². The van der Waals surface area contributed by atoms with Crippen LogP contribution in [0.3, 0.4) is 0 Å². The van der Waals surface area contributed by atoms with Crippen LogP contribution in [0.15, 0.2) is 48.5 Å². The van der Waals surface area contributed by atoms with E-state index in [4.69, 9.17) is 10.4 Å². The lowest BCUT2D eigenvalue weighted by molar-refractivity contribution is -0.253. The molecule has 0 aliphatic carbocycles. The lowest BCUT2D eigenvalue weighted by atomic mass is 10.0. The molecular weight excluding hydrogens is 244 g/mol. The van der Waals surface area contributed by atoms with Crippen molar-refractivity contribution < 1.29 is 20.0 Å². The molecule has 2 aromatic carbocycles. The summed E-state index contributed by atoms with van der Waals surface area (Å²) < 4.78 is 0. The summed E-state index contributed by atoms with van der Waals surface area (Å²) in [5, 5.41) is 17.2. The van der Waals surface area contributed by atoms with Gasteiger partial charge < -0.3 is 5.11 Å². The number of rotatable bonds is 5. The lowest BCUT2D eigenvalue weighted by Gasteiger charge is -2.04. The number of carbonyl (C=O) groups is 1. The standard InChI is InChI=1S/C15H14O4/c16-15(17)14-7-5-12(6-8-14)9-11-1-3-13(4-2-11)10-19-18/h1-8,18H,9-10H2,(H,16,17). The number of carboxylic acids is 1. The van der Waals surface area contributed by atoms with Gasteiger partial charge in [0.1, 0.15) is 6.61 Å². The predicted molar refractivity (Wildman–Crippen MR) is 70.1 cm³/mol. The van der Waals surface area contributed by atoms with Crippen molar-refractivity contribution in [3.05, 3.63) is 70.8 Å². The summed E-state index contributed by atoms with van der Waals surface area (Å²) in [5.41, 5.74) is 3.35. The fourth-order valence-electron chi connectivity index (χ4n) is 1.83. The molecule has 2 N–H and O–H groups in total. The van der Waals surface area contributed by atoms with Crippen LogP contribution < -0.4 is 0 Å². The van der Waals surface area contributed by atoms with E-state index in [1.54, 1.807) is 12.1 Å². The molecule has 4 heteroatoms. The van der Waals surface area contributed by atoms with Crippen molar-refractivity contribution in [3.8, 4) is 0 Å². The third kappa shape index (κ3) is 3.64. The van der Waals surface area contributed by atoms with E-state index in [9.17, 15) is 4.79 Å². The quantitative estimate of drug-likeness (QED) is 0.639. The molecule has 0 unspecified atom stereocenters. The molecule has 4 nitrogen and oxygen atoms in total. The van der Waals surface area contributed by atoms with Crippen molar-refractivity contribution in [1.29, 1.82) is 0 Å². The van der Waals surface area contributed by atoms with Gasteiger partial charge in [-0.15, -0.1) is 0 Å². The van der Waals surface area contributed by atoms with Gasteiger partial charge in [0.15, 0.2) is 0 Å². The molecule has 0 aliphatic rings. The van der Waals surface area contributed by atoms with Gasteiger partial charge in [-0.1, -0.05) is 36.4 Å². The monoisotopic (exact) mass is 258 g/mol. The summed E-state index contributed by atoms with van der Waals surface area (Å²) in [6, 6.07) is 14.5. The molecule has 0 aliphatic heterocycles. The molecule has 0 amide bonds. The summed E-state index contributed by atoms with van der Waals surface area (Å²) in [6.45, 7) is 0.174. The van der Waals surface area contributed by atoms with Crippen molar-refractivity contribution >= 4 is 5.97 Å². The highest BCUT2D eigenvalue weighted by molar-refractivity contribution is 5.87. The molecule has 0 radical (unpaired) electrons. The van der Waals surface area contributed by atoms with Crippen LogP contribution >= 0.6 is 0 Å². The maximum absolute atomic E-state index is 10.7. The predicted octanol–water partition coefficient (Wildman–Crippen LogP) is 2.97. The van der Waals surface area contributed by atoms with Gasteiger partial charge in [0, 0.05) is 0 Å². The SMILES string of the molecule is O=C(O)c1ccc(Cc2ccc(COO)cc2)cc1. The second-order valence-electron chi connectivity index (χ2n) is 4.27. The van der Waals surface area contributed by atoms with E-state index in [1.165, 1.54) is 0 Å². The summed E-state index contributed by atoms with van der Waals surface area (Å²) in [7, 11) is 0. The first-order chi connectivity index (χ1) is 9.19. The van der Waals surface area contributed by atoms with E-state index < -0.39 is 5.97 Å². The largest absolute Gasteiger partial charge is 0.478 e. The van der Waals surface area contributed by atoms with Crippen molar-refractivity contribution in [3.63, 3.8) is 0 Å². The molecule has 2 rings (SSSR count). The van der Waals surface area contributed by atoms with E-state index in [2.05, 4.69) is 4.89 Å². The topological polar surface area (TPSA) is 66.8 Å². The Bertz CT molecular complexity index is 543. The van der Waals surface area contributed by atoms with Gasteiger partial charge in [-0.05, 0) is 35.2 Å². The minimum atomic E-state index is -0.917. The number of aromatic carboxylic acids is 1. The normalized spacial score (nSPS) is 10.4. The molecule has 0 aromatic heterocycles. The van der Waals surface area contributed by atoms with Crippen LogP contribution in [0.25, 0.3) is 0 Å². The van der Waals surface area contributed by atoms with Gasteiger partial charge in [0.05, 0.1) is 5.56 Å². The van der Waals surface area contributed by atoms with Gasteiger partial charge >= 0.3 is 5.97 Å². The Kier molecular flexibility index (Phi) is 4.28. The van der Waals surface area contributed by atoms with Crippen LogP contribution in [-0.4, -0.2) is 16.3 Å². The molecule has 0 saturated carbocycles. The van der Waals surface area contributed by atoms with Crippen molar-refractivity contribution in [2.24, 2.45) is 0 Å². The molecule has 0 atom stereocenters. The zero-order valence-corrected chi connectivity index (χ0v) is 10.2. The number of benzene rings is 2. The second-order valence-corrected chi connectivity index (χ2v) is 4.27. The van der Waals surface area contributed by atoms with Crippen LogP contribution in [0.1, 0.15) is 27.0 Å². The van der Waals surface area contributed by atoms with E-state index in [1.807, 2.05) is 36.4 Å². The highest BCUT2D eigenvalue weighted by Gasteiger charge is 2.02. The third-order valence-corrected chi connectivity index (χ3v) is 2.86. The molecule has 98 valence electrons. The van der Waals surface area contributed by atoms with Gasteiger partial charge in [0.25, 0.3) is 0 Å². The van der Waals surface area contributed by atoms with Crippen LogP contribution in [0, 0.1) is 0 Å². The zero-order chi connectivity index (χ0) is 13.7. The van der Waals surface area contributed by atoms with Gasteiger partial charge in [-0.3, -0.25) is 5.26 Å². The second kappa shape index (κ2) is 6.13. The molecule has 0 saturated heterocycles. The minimum Gasteiger partial charge on any atom is -0.478 e. The summed E-state index contributed by atoms with van der Waals surface area (Å²) in [4.78, 5) is 14.8. The summed E-state index contributed by atoms with van der Waals surface area (Å²) >= 11 is 0. The van der Waals surface area contributed by atoms with E-state index in [-0.39, 0.29) is 6.61 Å². The summed E-state index contributed by atoms with van der Waals surface area (Å²) in [5.74, 6) is -0.917. The van der Waals surface area contributed by atoms with Crippen LogP contribution in [0.2, 0.25) is 0 Å². The average molecular weight is 258 g/mol. The average Bonchev–Trinajstić information content (AvgIpc) is 2.42. The molecular formula is C15H14O4. The smallest absolute Gasteiger partial charge is 0.335 e. The van der Waals surface area contributed by atoms with Crippen molar-refractivity contribution in [1.82, 2.24) is 0 Å². The maximum atomic E-state index is 10.7. The molecule has 0 fully saturated rings. The fraction of sp³-hybridized carbons (Fsp3) is 0.133. The molecule has 0 bridgehead atoms. The Morgan fingerprint density at radius 3 is 1.84 bits per heavy atom. The molecule has 19 heavy (non-hydrogen) atoms. The van der Waals surface area contributed by atoms with Gasteiger partial charge in [-0.25, -0.2) is 9.68 Å². The van der Waals surface area contributed by atoms with Crippen LogP contribution in [0.5, 0.6) is 0 Å². The fourth-order valence-corrected chi connectivity index (χ4v) is 1.83.